The number of carbonyl (C=O) groups is 1. The molecule has 41 heavy (non-hydrogen) atoms. The van der Waals surface area contributed by atoms with Crippen LogP contribution >= 0.6 is 0 Å². The average molecular weight is 545 g/mol. The summed E-state index contributed by atoms with van der Waals surface area (Å²) in [7, 11) is 0. The van der Waals surface area contributed by atoms with Gasteiger partial charge in [0, 0.05) is 28.6 Å². The van der Waals surface area contributed by atoms with Crippen molar-refractivity contribution in [1.82, 2.24) is 25.1 Å². The van der Waals surface area contributed by atoms with Crippen molar-refractivity contribution in [3.63, 3.8) is 0 Å². The Kier molecular flexibility index (Phi) is 6.30. The van der Waals surface area contributed by atoms with Gasteiger partial charge in [-0.05, 0) is 78.9 Å². The molecule has 0 spiro atoms. The maximum Gasteiger partial charge on any atom is 0.227 e. The highest BCUT2D eigenvalue weighted by atomic mass is 19.1. The maximum absolute atomic E-state index is 14.2. The summed E-state index contributed by atoms with van der Waals surface area (Å²) in [5.74, 6) is -0.122. The summed E-state index contributed by atoms with van der Waals surface area (Å²) in [5, 5.41) is 11.7. The van der Waals surface area contributed by atoms with Crippen LogP contribution in [0.1, 0.15) is 37.7 Å². The summed E-state index contributed by atoms with van der Waals surface area (Å²) >= 11 is 0. The van der Waals surface area contributed by atoms with Gasteiger partial charge in [0.05, 0.1) is 28.8 Å². The fourth-order valence-corrected chi connectivity index (χ4v) is 5.93. The molecular formula is C33H29FN6O. The van der Waals surface area contributed by atoms with E-state index in [0.717, 1.165) is 75.7 Å². The zero-order valence-corrected chi connectivity index (χ0v) is 22.7. The first kappa shape index (κ1) is 25.1. The maximum atomic E-state index is 14.2. The summed E-state index contributed by atoms with van der Waals surface area (Å²) in [4.78, 5) is 25.6. The van der Waals surface area contributed by atoms with E-state index in [9.17, 15) is 9.18 Å². The molecule has 1 saturated carbocycles. The Balaban J connectivity index is 1.23. The van der Waals surface area contributed by atoms with Gasteiger partial charge in [0.1, 0.15) is 17.0 Å². The van der Waals surface area contributed by atoms with Crippen LogP contribution < -0.4 is 5.32 Å². The fraction of sp³-hybridized carbons (Fsp3) is 0.212. The van der Waals surface area contributed by atoms with Gasteiger partial charge in [-0.15, -0.1) is 0 Å². The molecule has 0 radical (unpaired) electrons. The van der Waals surface area contributed by atoms with Crippen molar-refractivity contribution in [2.75, 3.05) is 5.32 Å². The SMILES string of the molecule is Cc1cc(F)cc(-c2cccc3[nH]c(-c4n[nH]c5ccc(-c6cncc(NC(=O)C7CCCCC7)c6)nc45)cc23)c1. The van der Waals surface area contributed by atoms with Gasteiger partial charge < -0.3 is 10.3 Å². The van der Waals surface area contributed by atoms with Crippen LogP contribution in [0, 0.1) is 18.7 Å². The van der Waals surface area contributed by atoms with Crippen molar-refractivity contribution < 1.29 is 9.18 Å². The molecule has 6 aromatic rings. The summed E-state index contributed by atoms with van der Waals surface area (Å²) in [6.45, 7) is 1.89. The number of aromatic amines is 2. The van der Waals surface area contributed by atoms with E-state index in [4.69, 9.17) is 4.98 Å². The van der Waals surface area contributed by atoms with E-state index in [1.807, 2.05) is 55.5 Å². The van der Waals surface area contributed by atoms with Gasteiger partial charge in [0.25, 0.3) is 0 Å². The number of anilines is 1. The van der Waals surface area contributed by atoms with Crippen molar-refractivity contribution >= 4 is 33.5 Å². The molecule has 4 aromatic heterocycles. The van der Waals surface area contributed by atoms with Gasteiger partial charge in [-0.2, -0.15) is 5.10 Å². The van der Waals surface area contributed by atoms with Crippen molar-refractivity contribution in [3.8, 4) is 33.8 Å². The lowest BCUT2D eigenvalue weighted by molar-refractivity contribution is -0.120. The second kappa shape index (κ2) is 10.3. The molecule has 3 N–H and O–H groups in total. The number of aromatic nitrogens is 5. The third kappa shape index (κ3) is 4.86. The molecule has 8 heteroatoms. The molecule has 2 aromatic carbocycles. The average Bonchev–Trinajstić information content (AvgIpc) is 3.61. The Hall–Kier alpha value is -4.85. The number of benzene rings is 2. The molecule has 7 rings (SSSR count). The molecule has 0 saturated heterocycles. The quantitative estimate of drug-likeness (QED) is 0.206. The highest BCUT2D eigenvalue weighted by Crippen LogP contribution is 2.35. The van der Waals surface area contributed by atoms with E-state index < -0.39 is 0 Å². The van der Waals surface area contributed by atoms with E-state index in [1.54, 1.807) is 18.5 Å². The number of H-pyrrole nitrogens is 2. The first-order chi connectivity index (χ1) is 20.0. The van der Waals surface area contributed by atoms with Gasteiger partial charge >= 0.3 is 0 Å². The number of pyridine rings is 2. The molecule has 1 fully saturated rings. The molecule has 1 aliphatic rings. The van der Waals surface area contributed by atoms with Crippen molar-refractivity contribution in [2.45, 2.75) is 39.0 Å². The Labute approximate surface area is 236 Å². The lowest BCUT2D eigenvalue weighted by atomic mass is 9.88. The molecule has 0 atom stereocenters. The normalized spacial score (nSPS) is 14.1. The largest absolute Gasteiger partial charge is 0.353 e. The van der Waals surface area contributed by atoms with Gasteiger partial charge in [0.2, 0.25) is 5.91 Å². The summed E-state index contributed by atoms with van der Waals surface area (Å²) < 4.78 is 14.2. The van der Waals surface area contributed by atoms with Gasteiger partial charge in [-0.1, -0.05) is 37.5 Å². The van der Waals surface area contributed by atoms with Crippen molar-refractivity contribution in [1.29, 1.82) is 0 Å². The predicted octanol–water partition coefficient (Wildman–Crippen LogP) is 7.80. The molecule has 0 aliphatic heterocycles. The standard InChI is InChI=1S/C33H29FN6O/c1-19-12-21(14-23(34)13-19)25-8-5-9-28-26(25)16-30(37-28)32-31-29(39-40-32)11-10-27(38-31)22-15-24(18-35-17-22)36-33(41)20-6-3-2-4-7-20/h5,8-18,20,37H,2-4,6-7H2,1H3,(H,36,41)(H,39,40). The number of carbonyl (C=O) groups excluding carboxylic acids is 1. The van der Waals surface area contributed by atoms with Gasteiger partial charge in [-0.3, -0.25) is 14.9 Å². The number of halogens is 1. The van der Waals surface area contributed by atoms with Gasteiger partial charge in [-0.25, -0.2) is 9.37 Å². The molecule has 0 bridgehead atoms. The summed E-state index contributed by atoms with van der Waals surface area (Å²) in [6.07, 6.45) is 8.73. The van der Waals surface area contributed by atoms with E-state index in [-0.39, 0.29) is 17.6 Å². The Morgan fingerprint density at radius 1 is 0.951 bits per heavy atom. The van der Waals surface area contributed by atoms with E-state index in [0.29, 0.717) is 16.9 Å². The minimum atomic E-state index is -0.255. The van der Waals surface area contributed by atoms with Crippen LogP contribution in [0.2, 0.25) is 0 Å². The van der Waals surface area contributed by atoms with Gasteiger partial charge in [0.15, 0.2) is 0 Å². The van der Waals surface area contributed by atoms with Crippen LogP contribution in [0.5, 0.6) is 0 Å². The number of nitrogens with one attached hydrogen (secondary N) is 3. The van der Waals surface area contributed by atoms with E-state index in [1.165, 1.54) is 12.5 Å². The third-order valence-corrected chi connectivity index (χ3v) is 7.96. The van der Waals surface area contributed by atoms with Crippen LogP contribution in [0.25, 0.3) is 55.7 Å². The number of amides is 1. The second-order valence-electron chi connectivity index (χ2n) is 10.9. The van der Waals surface area contributed by atoms with Crippen LogP contribution in [-0.2, 0) is 4.79 Å². The first-order valence-corrected chi connectivity index (χ1v) is 14.0. The van der Waals surface area contributed by atoms with E-state index >= 15 is 0 Å². The van der Waals surface area contributed by atoms with Crippen LogP contribution in [0.4, 0.5) is 10.1 Å². The number of hydrogen-bond acceptors (Lipinski definition) is 4. The second-order valence-corrected chi connectivity index (χ2v) is 10.9. The summed E-state index contributed by atoms with van der Waals surface area (Å²) in [6, 6.07) is 18.9. The third-order valence-electron chi connectivity index (χ3n) is 7.96. The number of aryl methyl sites for hydroxylation is 1. The van der Waals surface area contributed by atoms with Crippen molar-refractivity contribution in [2.24, 2.45) is 5.92 Å². The monoisotopic (exact) mass is 544 g/mol. The number of fused-ring (bicyclic) bond motifs is 2. The van der Waals surface area contributed by atoms with Crippen molar-refractivity contribution in [3.05, 3.63) is 84.4 Å². The molecular weight excluding hydrogens is 515 g/mol. The Morgan fingerprint density at radius 3 is 2.68 bits per heavy atom. The molecule has 0 unspecified atom stereocenters. The van der Waals surface area contributed by atoms with Crippen LogP contribution in [-0.4, -0.2) is 31.1 Å². The molecule has 4 heterocycles. The van der Waals surface area contributed by atoms with Crippen LogP contribution in [0.3, 0.4) is 0 Å². The van der Waals surface area contributed by atoms with E-state index in [2.05, 4.69) is 25.5 Å². The number of hydrogen-bond donors (Lipinski definition) is 3. The zero-order chi connectivity index (χ0) is 27.9. The zero-order valence-electron chi connectivity index (χ0n) is 22.7. The topological polar surface area (TPSA) is 99.4 Å². The lowest BCUT2D eigenvalue weighted by Gasteiger charge is -2.20. The Morgan fingerprint density at radius 2 is 1.83 bits per heavy atom. The summed E-state index contributed by atoms with van der Waals surface area (Å²) in [5.41, 5.74) is 8.79. The minimum Gasteiger partial charge on any atom is -0.353 e. The Bertz CT molecular complexity index is 1900. The molecule has 204 valence electrons. The smallest absolute Gasteiger partial charge is 0.227 e. The highest BCUT2D eigenvalue weighted by molar-refractivity contribution is 6.00. The lowest BCUT2D eigenvalue weighted by Crippen LogP contribution is -2.24. The van der Waals surface area contributed by atoms with Crippen LogP contribution in [0.15, 0.2) is 73.1 Å². The molecule has 1 aliphatic carbocycles. The predicted molar refractivity (Wildman–Crippen MR) is 160 cm³/mol. The fourth-order valence-electron chi connectivity index (χ4n) is 5.93. The number of rotatable bonds is 5. The molecule has 7 nitrogen and oxygen atoms in total. The number of nitrogens with zero attached hydrogens (tertiary/aromatic N) is 3. The highest BCUT2D eigenvalue weighted by Gasteiger charge is 2.21. The molecule has 1 amide bonds. The first-order valence-electron chi connectivity index (χ1n) is 14.0. The minimum absolute atomic E-state index is 0.0655.